The van der Waals surface area contributed by atoms with Crippen molar-refractivity contribution in [2.24, 2.45) is 0 Å². The molecule has 6 heteroatoms. The van der Waals surface area contributed by atoms with Crippen molar-refractivity contribution in [1.29, 1.82) is 0 Å². The van der Waals surface area contributed by atoms with Gasteiger partial charge in [-0.2, -0.15) is 0 Å². The number of aliphatic carboxylic acids is 1. The molecule has 0 aliphatic heterocycles. The van der Waals surface area contributed by atoms with Gasteiger partial charge >= 0.3 is 5.97 Å². The summed E-state index contributed by atoms with van der Waals surface area (Å²) in [5, 5.41) is 9.46. The minimum Gasteiger partial charge on any atom is -0.481 e. The first-order valence-corrected chi connectivity index (χ1v) is 6.90. The number of nitrogens with zero attached hydrogens (tertiary/aromatic N) is 3. The number of carboxylic acids is 1. The van der Waals surface area contributed by atoms with Crippen molar-refractivity contribution in [2.45, 2.75) is 24.9 Å². The molecule has 2 heterocycles. The van der Waals surface area contributed by atoms with Crippen LogP contribution in [0.1, 0.15) is 25.5 Å². The van der Waals surface area contributed by atoms with E-state index in [1.807, 2.05) is 16.7 Å². The number of hydrogen-bond acceptors (Lipinski definition) is 4. The molecule has 0 atom stereocenters. The number of pyridine rings is 1. The zero-order chi connectivity index (χ0) is 13.8. The Morgan fingerprint density at radius 3 is 2.84 bits per heavy atom. The first kappa shape index (κ1) is 13.6. The molecule has 2 aromatic heterocycles. The van der Waals surface area contributed by atoms with Crippen LogP contribution in [0.15, 0.2) is 35.9 Å². The third-order valence-electron chi connectivity index (χ3n) is 2.58. The van der Waals surface area contributed by atoms with E-state index < -0.39 is 5.97 Å². The highest BCUT2D eigenvalue weighted by Gasteiger charge is 2.15. The summed E-state index contributed by atoms with van der Waals surface area (Å²) < 4.78 is 1.96. The molecule has 0 amide bonds. The number of imidazole rings is 1. The van der Waals surface area contributed by atoms with E-state index in [0.29, 0.717) is 11.1 Å². The van der Waals surface area contributed by atoms with Gasteiger partial charge in [-0.15, -0.1) is 0 Å². The molecule has 0 radical (unpaired) electrons. The van der Waals surface area contributed by atoms with Gasteiger partial charge in [0.15, 0.2) is 5.16 Å². The minimum absolute atomic E-state index is 0.00515. The van der Waals surface area contributed by atoms with Gasteiger partial charge in [-0.3, -0.25) is 14.3 Å². The zero-order valence-corrected chi connectivity index (χ0v) is 11.6. The van der Waals surface area contributed by atoms with Crippen molar-refractivity contribution >= 4 is 17.7 Å². The van der Waals surface area contributed by atoms with Crippen LogP contribution in [0.4, 0.5) is 0 Å². The fraction of sp³-hybridized carbons (Fsp3) is 0.308. The lowest BCUT2D eigenvalue weighted by Gasteiger charge is -2.12. The van der Waals surface area contributed by atoms with Crippen LogP contribution in [-0.2, 0) is 4.79 Å². The normalized spacial score (nSPS) is 10.9. The lowest BCUT2D eigenvalue weighted by atomic mass is 10.1. The molecule has 19 heavy (non-hydrogen) atoms. The van der Waals surface area contributed by atoms with E-state index in [-0.39, 0.29) is 5.75 Å². The molecule has 0 bridgehead atoms. The van der Waals surface area contributed by atoms with Gasteiger partial charge in [0.2, 0.25) is 0 Å². The summed E-state index contributed by atoms with van der Waals surface area (Å²) in [5.74, 6) is -0.557. The molecule has 0 aliphatic rings. The molecule has 5 nitrogen and oxygen atoms in total. The smallest absolute Gasteiger partial charge is 0.313 e. The lowest BCUT2D eigenvalue weighted by Crippen LogP contribution is -2.05. The molecule has 0 saturated heterocycles. The second-order valence-corrected chi connectivity index (χ2v) is 5.29. The highest BCUT2D eigenvalue weighted by atomic mass is 32.2. The third-order valence-corrected chi connectivity index (χ3v) is 3.51. The van der Waals surface area contributed by atoms with Crippen LogP contribution in [-0.4, -0.2) is 31.4 Å². The maximum Gasteiger partial charge on any atom is 0.313 e. The predicted octanol–water partition coefficient (Wildman–Crippen LogP) is 2.57. The molecular formula is C13H15N3O2S. The molecule has 0 saturated carbocycles. The average molecular weight is 277 g/mol. The molecule has 0 spiro atoms. The number of thioether (sulfide) groups is 1. The van der Waals surface area contributed by atoms with Crippen LogP contribution >= 0.6 is 11.8 Å². The summed E-state index contributed by atoms with van der Waals surface area (Å²) in [6.45, 7) is 4.16. The van der Waals surface area contributed by atoms with Crippen molar-refractivity contribution < 1.29 is 9.90 Å². The molecule has 100 valence electrons. The predicted molar refractivity (Wildman–Crippen MR) is 73.8 cm³/mol. The fourth-order valence-electron chi connectivity index (χ4n) is 1.73. The van der Waals surface area contributed by atoms with Gasteiger partial charge in [-0.25, -0.2) is 4.98 Å². The van der Waals surface area contributed by atoms with Gasteiger partial charge in [-0.1, -0.05) is 25.6 Å². The van der Waals surface area contributed by atoms with E-state index in [1.165, 1.54) is 11.8 Å². The van der Waals surface area contributed by atoms with Crippen LogP contribution in [0.3, 0.4) is 0 Å². The van der Waals surface area contributed by atoms with Crippen molar-refractivity contribution in [3.8, 4) is 5.69 Å². The summed E-state index contributed by atoms with van der Waals surface area (Å²) in [6, 6.07) is 3.79. The lowest BCUT2D eigenvalue weighted by molar-refractivity contribution is -0.133. The van der Waals surface area contributed by atoms with Gasteiger partial charge in [0.05, 0.1) is 23.8 Å². The number of carboxylic acid groups (broad SMARTS) is 1. The highest BCUT2D eigenvalue weighted by Crippen LogP contribution is 2.26. The molecule has 1 N–H and O–H groups in total. The van der Waals surface area contributed by atoms with E-state index in [0.717, 1.165) is 11.4 Å². The number of rotatable bonds is 5. The molecule has 0 aromatic carbocycles. The number of carbonyl (C=O) groups is 1. The Labute approximate surface area is 115 Å². The third kappa shape index (κ3) is 3.14. The molecule has 0 aliphatic carbocycles. The first-order chi connectivity index (χ1) is 9.09. The summed E-state index contributed by atoms with van der Waals surface area (Å²) in [4.78, 5) is 19.1. The molecule has 2 aromatic rings. The van der Waals surface area contributed by atoms with Gasteiger partial charge < -0.3 is 5.11 Å². The topological polar surface area (TPSA) is 68.0 Å². The summed E-state index contributed by atoms with van der Waals surface area (Å²) >= 11 is 1.21. The molecule has 0 unspecified atom stereocenters. The molecule has 2 rings (SSSR count). The van der Waals surface area contributed by atoms with E-state index in [9.17, 15) is 4.79 Å². The van der Waals surface area contributed by atoms with Gasteiger partial charge in [0.25, 0.3) is 0 Å². The van der Waals surface area contributed by atoms with Crippen LogP contribution in [0, 0.1) is 0 Å². The van der Waals surface area contributed by atoms with Gasteiger partial charge in [0, 0.05) is 11.9 Å². The second kappa shape index (κ2) is 5.88. The van der Waals surface area contributed by atoms with Crippen LogP contribution in [0.5, 0.6) is 0 Å². The van der Waals surface area contributed by atoms with Crippen LogP contribution in [0.25, 0.3) is 5.69 Å². The Bertz CT molecular complexity index is 567. The average Bonchev–Trinajstić information content (AvgIpc) is 2.81. The maximum absolute atomic E-state index is 10.7. The van der Waals surface area contributed by atoms with Crippen LogP contribution < -0.4 is 0 Å². The van der Waals surface area contributed by atoms with Crippen molar-refractivity contribution in [3.05, 3.63) is 36.4 Å². The minimum atomic E-state index is -0.850. The Hall–Kier alpha value is -1.82. The first-order valence-electron chi connectivity index (χ1n) is 5.92. The highest BCUT2D eigenvalue weighted by molar-refractivity contribution is 7.99. The van der Waals surface area contributed by atoms with Crippen molar-refractivity contribution in [2.75, 3.05) is 5.75 Å². The maximum atomic E-state index is 10.7. The monoisotopic (exact) mass is 277 g/mol. The van der Waals surface area contributed by atoms with E-state index >= 15 is 0 Å². The van der Waals surface area contributed by atoms with Crippen LogP contribution in [0.2, 0.25) is 0 Å². The van der Waals surface area contributed by atoms with E-state index in [4.69, 9.17) is 5.11 Å². The SMILES string of the molecule is CC(C)c1cnc(SCC(=O)O)n1-c1cccnc1. The Kier molecular flexibility index (Phi) is 4.21. The summed E-state index contributed by atoms with van der Waals surface area (Å²) in [6.07, 6.45) is 5.25. The standard InChI is InChI=1S/C13H15N3O2S/c1-9(2)11-7-15-13(19-8-12(17)18)16(11)10-4-3-5-14-6-10/h3-7,9H,8H2,1-2H3,(H,17,18). The second-order valence-electron chi connectivity index (χ2n) is 4.35. The zero-order valence-electron chi connectivity index (χ0n) is 10.8. The van der Waals surface area contributed by atoms with Crippen molar-refractivity contribution in [1.82, 2.24) is 14.5 Å². The van der Waals surface area contributed by atoms with E-state index in [1.54, 1.807) is 18.6 Å². The fourth-order valence-corrected chi connectivity index (χ4v) is 2.45. The van der Waals surface area contributed by atoms with Gasteiger partial charge in [0.1, 0.15) is 0 Å². The Balaban J connectivity index is 2.42. The van der Waals surface area contributed by atoms with E-state index in [2.05, 4.69) is 23.8 Å². The quantitative estimate of drug-likeness (QED) is 0.851. The molecule has 0 fully saturated rings. The van der Waals surface area contributed by atoms with Crippen molar-refractivity contribution in [3.63, 3.8) is 0 Å². The summed E-state index contributed by atoms with van der Waals surface area (Å²) in [7, 11) is 0. The Morgan fingerprint density at radius 1 is 1.47 bits per heavy atom. The largest absolute Gasteiger partial charge is 0.481 e. The Morgan fingerprint density at radius 2 is 2.26 bits per heavy atom. The number of hydrogen-bond donors (Lipinski definition) is 1. The molecular weight excluding hydrogens is 262 g/mol. The summed E-state index contributed by atoms with van der Waals surface area (Å²) in [5.41, 5.74) is 1.94. The van der Waals surface area contributed by atoms with Gasteiger partial charge in [-0.05, 0) is 18.1 Å². The number of aromatic nitrogens is 3.